The molecule has 42 heavy (non-hydrogen) atoms. The molecule has 9 heteroatoms. The molecule has 1 unspecified atom stereocenters. The third kappa shape index (κ3) is 6.50. The number of ether oxygens (including phenoxy) is 1. The first-order valence-corrected chi connectivity index (χ1v) is 15.4. The smallest absolute Gasteiger partial charge is 0.339 e. The van der Waals surface area contributed by atoms with Gasteiger partial charge < -0.3 is 20.3 Å². The van der Waals surface area contributed by atoms with Crippen molar-refractivity contribution in [2.75, 3.05) is 26.7 Å². The highest BCUT2D eigenvalue weighted by Gasteiger charge is 2.26. The summed E-state index contributed by atoms with van der Waals surface area (Å²) in [4.78, 5) is 11.9. The highest BCUT2D eigenvalue weighted by atomic mass is 32.2. The predicted octanol–water partition coefficient (Wildman–Crippen LogP) is 4.73. The van der Waals surface area contributed by atoms with Gasteiger partial charge in [-0.2, -0.15) is 4.31 Å². The zero-order chi connectivity index (χ0) is 30.1. The lowest BCUT2D eigenvalue weighted by Gasteiger charge is -2.29. The van der Waals surface area contributed by atoms with Crippen LogP contribution < -0.4 is 10.1 Å². The van der Waals surface area contributed by atoms with Crippen LogP contribution in [0.15, 0.2) is 83.8 Å². The van der Waals surface area contributed by atoms with Gasteiger partial charge in [0.2, 0.25) is 10.0 Å². The van der Waals surface area contributed by atoms with Crippen LogP contribution in [-0.4, -0.2) is 67.3 Å². The van der Waals surface area contributed by atoms with Crippen molar-refractivity contribution in [2.24, 2.45) is 0 Å². The number of aliphatic hydroxyl groups is 1. The van der Waals surface area contributed by atoms with E-state index in [9.17, 15) is 23.4 Å². The highest BCUT2D eigenvalue weighted by molar-refractivity contribution is 7.89. The number of rotatable bonds is 11. The van der Waals surface area contributed by atoms with Crippen molar-refractivity contribution < 1.29 is 28.2 Å². The van der Waals surface area contributed by atoms with E-state index in [2.05, 4.69) is 49.5 Å². The summed E-state index contributed by atoms with van der Waals surface area (Å²) in [6, 6.07) is 24.4. The third-order valence-corrected chi connectivity index (χ3v) is 9.45. The van der Waals surface area contributed by atoms with Gasteiger partial charge in [0.25, 0.3) is 0 Å². The summed E-state index contributed by atoms with van der Waals surface area (Å²) >= 11 is 0. The summed E-state index contributed by atoms with van der Waals surface area (Å²) in [6.07, 6.45) is 0.401. The number of aromatic carboxylic acids is 1. The first kappa shape index (κ1) is 29.7. The van der Waals surface area contributed by atoms with Crippen molar-refractivity contribution in [3.63, 3.8) is 0 Å². The lowest BCUT2D eigenvalue weighted by molar-refractivity contribution is 0.0693. The molecule has 5 rings (SSSR count). The van der Waals surface area contributed by atoms with Crippen LogP contribution in [0.1, 0.15) is 35.3 Å². The molecule has 4 aromatic rings. The molecule has 1 aliphatic heterocycles. The molecule has 0 spiro atoms. The maximum absolute atomic E-state index is 13.4. The summed E-state index contributed by atoms with van der Waals surface area (Å²) in [7, 11) is -2.48. The Morgan fingerprint density at radius 1 is 1.00 bits per heavy atom. The number of hydrogen-bond donors (Lipinski definition) is 3. The Balaban J connectivity index is 1.24. The molecular weight excluding hydrogens is 552 g/mol. The lowest BCUT2D eigenvalue weighted by atomic mass is 9.93. The Labute approximate surface area is 246 Å². The summed E-state index contributed by atoms with van der Waals surface area (Å²) in [5.41, 5.74) is 2.88. The van der Waals surface area contributed by atoms with Crippen molar-refractivity contribution in [3.8, 4) is 16.9 Å². The zero-order valence-electron chi connectivity index (χ0n) is 24.0. The minimum absolute atomic E-state index is 0.0598. The van der Waals surface area contributed by atoms with E-state index < -0.39 is 22.1 Å². The number of nitrogens with one attached hydrogen (secondary N) is 1. The van der Waals surface area contributed by atoms with Crippen molar-refractivity contribution in [1.29, 1.82) is 0 Å². The van der Waals surface area contributed by atoms with Gasteiger partial charge in [0.05, 0.1) is 17.6 Å². The van der Waals surface area contributed by atoms with E-state index in [0.29, 0.717) is 29.9 Å². The van der Waals surface area contributed by atoms with E-state index in [0.717, 1.165) is 16.3 Å². The number of carboxylic acids is 1. The minimum Gasteiger partial charge on any atom is -0.492 e. The number of β-amino-alcohol motifs (C(OH)–C–C–N with tert-alkyl or cyclic N) is 1. The van der Waals surface area contributed by atoms with Crippen LogP contribution in [0.5, 0.6) is 5.75 Å². The topological polar surface area (TPSA) is 116 Å². The fourth-order valence-electron chi connectivity index (χ4n) is 5.42. The van der Waals surface area contributed by atoms with Crippen molar-refractivity contribution in [2.45, 2.75) is 43.2 Å². The van der Waals surface area contributed by atoms with Gasteiger partial charge in [0.15, 0.2) is 0 Å². The summed E-state index contributed by atoms with van der Waals surface area (Å²) in [5, 5.41) is 26.2. The second kappa shape index (κ2) is 11.9. The lowest BCUT2D eigenvalue weighted by Crippen LogP contribution is -2.47. The third-order valence-electron chi connectivity index (χ3n) is 7.63. The Hall–Kier alpha value is -3.76. The minimum atomic E-state index is -3.92. The van der Waals surface area contributed by atoms with Gasteiger partial charge in [0.1, 0.15) is 11.3 Å². The van der Waals surface area contributed by atoms with E-state index in [4.69, 9.17) is 4.74 Å². The van der Waals surface area contributed by atoms with E-state index >= 15 is 0 Å². The molecule has 0 saturated heterocycles. The number of benzene rings is 4. The van der Waals surface area contributed by atoms with Crippen molar-refractivity contribution in [1.82, 2.24) is 9.62 Å². The van der Waals surface area contributed by atoms with Crippen LogP contribution >= 0.6 is 0 Å². The number of hydrogen-bond acceptors (Lipinski definition) is 6. The molecular formula is C33H36N2O6S. The molecule has 1 heterocycles. The fourth-order valence-corrected chi connectivity index (χ4v) is 6.68. The number of aliphatic hydroxyl groups excluding tert-OH is 1. The summed E-state index contributed by atoms with van der Waals surface area (Å²) in [5.74, 6) is -0.723. The van der Waals surface area contributed by atoms with Gasteiger partial charge in [-0.3, -0.25) is 0 Å². The fraction of sp³-hybridized carbons (Fsp3) is 0.303. The van der Waals surface area contributed by atoms with Crippen molar-refractivity contribution in [3.05, 3.63) is 95.6 Å². The van der Waals surface area contributed by atoms with Crippen LogP contribution in [0, 0.1) is 0 Å². The highest BCUT2D eigenvalue weighted by Crippen LogP contribution is 2.35. The van der Waals surface area contributed by atoms with Crippen molar-refractivity contribution >= 4 is 26.8 Å². The van der Waals surface area contributed by atoms with Crippen LogP contribution in [0.3, 0.4) is 0 Å². The Bertz CT molecular complexity index is 1730. The molecule has 1 aliphatic rings. The first-order valence-electron chi connectivity index (χ1n) is 13.9. The van der Waals surface area contributed by atoms with E-state index in [-0.39, 0.29) is 29.1 Å². The standard InChI is InChI=1S/C33H36N2O6S/c1-33(2,19-22-11-12-23-7-4-5-8-24(23)15-22)34-20-28(36)21-35(3)42(39,40)29-10-6-9-25(17-29)27-16-26-13-14-41-31(26)30(18-27)32(37)38/h4-12,15-18,28,34,36H,13-14,19-21H2,1-3H3,(H,37,38). The molecule has 4 aromatic carbocycles. The number of carboxylic acid groups (broad SMARTS) is 1. The SMILES string of the molecule is CN(CC(O)CNC(C)(C)Cc1ccc2ccccc2c1)S(=O)(=O)c1cccc(-c2cc3c(c(C(=O)O)c2)OCC3)c1. The van der Waals surface area contributed by atoms with E-state index in [1.54, 1.807) is 12.1 Å². The number of likely N-dealkylation sites (N-methyl/N-ethyl adjacent to an activating group) is 1. The molecule has 0 bridgehead atoms. The van der Waals surface area contributed by atoms with Gasteiger partial charge >= 0.3 is 5.97 Å². The molecule has 0 radical (unpaired) electrons. The quantitative estimate of drug-likeness (QED) is 0.232. The van der Waals surface area contributed by atoms with Gasteiger partial charge in [-0.05, 0) is 77.6 Å². The van der Waals surface area contributed by atoms with Gasteiger partial charge in [-0.15, -0.1) is 0 Å². The predicted molar refractivity (Wildman–Crippen MR) is 164 cm³/mol. The average Bonchev–Trinajstić information content (AvgIpc) is 3.44. The molecule has 0 amide bonds. The maximum Gasteiger partial charge on any atom is 0.339 e. The largest absolute Gasteiger partial charge is 0.492 e. The summed E-state index contributed by atoms with van der Waals surface area (Å²) in [6.45, 7) is 4.65. The Morgan fingerprint density at radius 3 is 2.52 bits per heavy atom. The van der Waals surface area contributed by atoms with Crippen LogP contribution in [0.2, 0.25) is 0 Å². The number of fused-ring (bicyclic) bond motifs is 2. The second-order valence-electron chi connectivity index (χ2n) is 11.5. The normalized spacial score (nSPS) is 14.1. The molecule has 8 nitrogen and oxygen atoms in total. The Kier molecular flexibility index (Phi) is 8.39. The monoisotopic (exact) mass is 588 g/mol. The summed E-state index contributed by atoms with van der Waals surface area (Å²) < 4.78 is 33.5. The number of carbonyl (C=O) groups is 1. The number of sulfonamides is 1. The molecule has 0 aromatic heterocycles. The molecule has 3 N–H and O–H groups in total. The maximum atomic E-state index is 13.4. The van der Waals surface area contributed by atoms with Crippen LogP contribution in [-0.2, 0) is 22.9 Å². The molecule has 0 saturated carbocycles. The molecule has 0 aliphatic carbocycles. The average molecular weight is 589 g/mol. The van der Waals surface area contributed by atoms with Gasteiger partial charge in [-0.25, -0.2) is 13.2 Å². The van der Waals surface area contributed by atoms with Gasteiger partial charge in [0, 0.05) is 32.1 Å². The Morgan fingerprint density at radius 2 is 1.76 bits per heavy atom. The van der Waals surface area contributed by atoms with E-state index in [1.807, 2.05) is 18.2 Å². The van der Waals surface area contributed by atoms with Gasteiger partial charge in [-0.1, -0.05) is 54.6 Å². The second-order valence-corrected chi connectivity index (χ2v) is 13.6. The zero-order valence-corrected chi connectivity index (χ0v) is 24.8. The molecule has 1 atom stereocenters. The van der Waals surface area contributed by atoms with Crippen LogP contribution in [0.25, 0.3) is 21.9 Å². The first-order chi connectivity index (χ1) is 19.9. The number of nitrogens with zero attached hydrogens (tertiary/aromatic N) is 1. The van der Waals surface area contributed by atoms with Crippen LogP contribution in [0.4, 0.5) is 0 Å². The van der Waals surface area contributed by atoms with E-state index in [1.165, 1.54) is 41.6 Å². The molecule has 220 valence electrons. The molecule has 0 fully saturated rings.